The van der Waals surface area contributed by atoms with Gasteiger partial charge in [0.05, 0.1) is 4.92 Å². The summed E-state index contributed by atoms with van der Waals surface area (Å²) in [5.74, 6) is -0.443. The number of nitro groups is 1. The zero-order chi connectivity index (χ0) is 16.7. The smallest absolute Gasteiger partial charge is 0.269 e. The molecule has 2 rings (SSSR count). The van der Waals surface area contributed by atoms with E-state index in [0.29, 0.717) is 24.9 Å². The molecule has 0 fully saturated rings. The summed E-state index contributed by atoms with van der Waals surface area (Å²) >= 11 is 0. The minimum atomic E-state index is -0.450. The van der Waals surface area contributed by atoms with Crippen molar-refractivity contribution in [2.45, 2.75) is 19.3 Å². The van der Waals surface area contributed by atoms with Crippen LogP contribution < -0.4 is 5.32 Å². The number of halogens is 1. The first-order valence-corrected chi connectivity index (χ1v) is 7.29. The summed E-state index contributed by atoms with van der Waals surface area (Å²) in [7, 11) is 0. The highest BCUT2D eigenvalue weighted by molar-refractivity contribution is 5.76. The van der Waals surface area contributed by atoms with Crippen LogP contribution in [0.2, 0.25) is 0 Å². The topological polar surface area (TPSA) is 72.2 Å². The third kappa shape index (κ3) is 5.18. The predicted molar refractivity (Wildman–Crippen MR) is 84.5 cm³/mol. The lowest BCUT2D eigenvalue weighted by molar-refractivity contribution is -0.384. The number of hydrogen-bond donors (Lipinski definition) is 1. The Morgan fingerprint density at radius 3 is 2.43 bits per heavy atom. The van der Waals surface area contributed by atoms with Crippen LogP contribution in [0.1, 0.15) is 17.5 Å². The van der Waals surface area contributed by atoms with E-state index < -0.39 is 4.92 Å². The van der Waals surface area contributed by atoms with Crippen molar-refractivity contribution in [3.63, 3.8) is 0 Å². The number of rotatable bonds is 7. The Kier molecular flexibility index (Phi) is 5.80. The molecule has 0 saturated carbocycles. The molecule has 0 saturated heterocycles. The number of amides is 1. The van der Waals surface area contributed by atoms with Crippen molar-refractivity contribution in [1.82, 2.24) is 5.32 Å². The quantitative estimate of drug-likeness (QED) is 0.630. The Morgan fingerprint density at radius 2 is 1.78 bits per heavy atom. The Labute approximate surface area is 133 Å². The van der Waals surface area contributed by atoms with Gasteiger partial charge >= 0.3 is 0 Å². The molecule has 0 bridgehead atoms. The van der Waals surface area contributed by atoms with Crippen molar-refractivity contribution >= 4 is 11.6 Å². The standard InChI is InChI=1S/C17H17FN2O3/c18-16-4-2-1-3-14(16)7-10-17(21)19-12-11-13-5-8-15(9-6-13)20(22)23/h1-6,8-9H,7,10-12H2,(H,19,21). The van der Waals surface area contributed by atoms with Gasteiger partial charge in [0.2, 0.25) is 5.91 Å². The Balaban J connectivity index is 1.72. The van der Waals surface area contributed by atoms with E-state index in [-0.39, 0.29) is 23.8 Å². The second-order valence-electron chi connectivity index (χ2n) is 5.11. The Hall–Kier alpha value is -2.76. The van der Waals surface area contributed by atoms with Crippen molar-refractivity contribution in [1.29, 1.82) is 0 Å². The summed E-state index contributed by atoms with van der Waals surface area (Å²) in [6.07, 6.45) is 1.17. The predicted octanol–water partition coefficient (Wildman–Crippen LogP) is 3.03. The molecule has 2 aromatic rings. The van der Waals surface area contributed by atoms with Gasteiger partial charge in [-0.2, -0.15) is 0 Å². The molecule has 0 aromatic heterocycles. The summed E-state index contributed by atoms with van der Waals surface area (Å²) in [6, 6.07) is 12.6. The van der Waals surface area contributed by atoms with Gasteiger partial charge in [0.1, 0.15) is 5.82 Å². The van der Waals surface area contributed by atoms with Crippen molar-refractivity contribution in [2.24, 2.45) is 0 Å². The number of nitrogens with zero attached hydrogens (tertiary/aromatic N) is 1. The van der Waals surface area contributed by atoms with E-state index in [1.165, 1.54) is 18.2 Å². The van der Waals surface area contributed by atoms with Crippen molar-refractivity contribution in [2.75, 3.05) is 6.54 Å². The lowest BCUT2D eigenvalue weighted by Gasteiger charge is -2.06. The van der Waals surface area contributed by atoms with Crippen LogP contribution in [-0.4, -0.2) is 17.4 Å². The molecule has 0 atom stereocenters. The van der Waals surface area contributed by atoms with E-state index in [1.54, 1.807) is 30.3 Å². The first kappa shape index (κ1) is 16.6. The summed E-state index contributed by atoms with van der Waals surface area (Å²) in [6.45, 7) is 0.438. The van der Waals surface area contributed by atoms with Crippen LogP contribution >= 0.6 is 0 Å². The number of nitro benzene ring substituents is 1. The van der Waals surface area contributed by atoms with Gasteiger partial charge in [-0.05, 0) is 30.0 Å². The number of benzene rings is 2. The van der Waals surface area contributed by atoms with Crippen LogP contribution in [0.3, 0.4) is 0 Å². The molecule has 0 spiro atoms. The van der Waals surface area contributed by atoms with E-state index in [1.807, 2.05) is 0 Å². The summed E-state index contributed by atoms with van der Waals surface area (Å²) in [4.78, 5) is 21.8. The fourth-order valence-electron chi connectivity index (χ4n) is 2.17. The van der Waals surface area contributed by atoms with Gasteiger partial charge in [-0.3, -0.25) is 14.9 Å². The minimum absolute atomic E-state index is 0.0441. The van der Waals surface area contributed by atoms with Gasteiger partial charge in [0, 0.05) is 25.1 Å². The van der Waals surface area contributed by atoms with Gasteiger partial charge in [-0.1, -0.05) is 30.3 Å². The van der Waals surface area contributed by atoms with Crippen LogP contribution in [0.5, 0.6) is 0 Å². The van der Waals surface area contributed by atoms with Crippen LogP contribution in [0, 0.1) is 15.9 Å². The molecule has 5 nitrogen and oxygen atoms in total. The normalized spacial score (nSPS) is 10.3. The molecule has 0 unspecified atom stereocenters. The lowest BCUT2D eigenvalue weighted by Crippen LogP contribution is -2.25. The fraction of sp³-hybridized carbons (Fsp3) is 0.235. The summed E-state index contributed by atoms with van der Waals surface area (Å²) in [5, 5.41) is 13.3. The first-order chi connectivity index (χ1) is 11.1. The van der Waals surface area contributed by atoms with Gasteiger partial charge in [0.25, 0.3) is 5.69 Å². The fourth-order valence-corrected chi connectivity index (χ4v) is 2.17. The molecule has 23 heavy (non-hydrogen) atoms. The second kappa shape index (κ2) is 8.03. The first-order valence-electron chi connectivity index (χ1n) is 7.29. The van der Waals surface area contributed by atoms with Crippen molar-refractivity contribution in [3.8, 4) is 0 Å². The molecule has 0 radical (unpaired) electrons. The molecule has 0 aliphatic heterocycles. The SMILES string of the molecule is O=C(CCc1ccccc1F)NCCc1ccc([N+](=O)[O-])cc1. The van der Waals surface area contributed by atoms with Crippen molar-refractivity contribution < 1.29 is 14.1 Å². The highest BCUT2D eigenvalue weighted by Gasteiger charge is 2.06. The zero-order valence-electron chi connectivity index (χ0n) is 12.5. The average Bonchev–Trinajstić information content (AvgIpc) is 2.54. The molecule has 0 aliphatic carbocycles. The molecule has 2 aromatic carbocycles. The van der Waals surface area contributed by atoms with Gasteiger partial charge < -0.3 is 5.32 Å². The highest BCUT2D eigenvalue weighted by Crippen LogP contribution is 2.12. The molecule has 0 heterocycles. The monoisotopic (exact) mass is 316 g/mol. The van der Waals surface area contributed by atoms with Gasteiger partial charge in [-0.25, -0.2) is 4.39 Å². The highest BCUT2D eigenvalue weighted by atomic mass is 19.1. The maximum atomic E-state index is 13.4. The van der Waals surface area contributed by atoms with Gasteiger partial charge in [0.15, 0.2) is 0 Å². The van der Waals surface area contributed by atoms with Crippen molar-refractivity contribution in [3.05, 3.63) is 75.6 Å². The molecule has 1 N–H and O–H groups in total. The van der Waals surface area contributed by atoms with E-state index >= 15 is 0 Å². The third-order valence-corrected chi connectivity index (χ3v) is 3.46. The Bertz CT molecular complexity index is 686. The number of carbonyl (C=O) groups excluding carboxylic acids is 1. The summed E-state index contributed by atoms with van der Waals surface area (Å²) < 4.78 is 13.4. The molecule has 120 valence electrons. The molecule has 1 amide bonds. The van der Waals surface area contributed by atoms with Crippen LogP contribution in [0.4, 0.5) is 10.1 Å². The van der Waals surface area contributed by atoms with E-state index in [0.717, 1.165) is 5.56 Å². The minimum Gasteiger partial charge on any atom is -0.356 e. The number of hydrogen-bond acceptors (Lipinski definition) is 3. The average molecular weight is 316 g/mol. The second-order valence-corrected chi connectivity index (χ2v) is 5.11. The Morgan fingerprint density at radius 1 is 1.09 bits per heavy atom. The zero-order valence-corrected chi connectivity index (χ0v) is 12.5. The summed E-state index contributed by atoms with van der Waals surface area (Å²) in [5.41, 5.74) is 1.48. The van der Waals surface area contributed by atoms with E-state index in [9.17, 15) is 19.3 Å². The maximum absolute atomic E-state index is 13.4. The number of aryl methyl sites for hydroxylation is 1. The number of carbonyl (C=O) groups is 1. The largest absolute Gasteiger partial charge is 0.356 e. The van der Waals surface area contributed by atoms with Crippen LogP contribution in [-0.2, 0) is 17.6 Å². The lowest BCUT2D eigenvalue weighted by atomic mass is 10.1. The maximum Gasteiger partial charge on any atom is 0.269 e. The van der Waals surface area contributed by atoms with Gasteiger partial charge in [-0.15, -0.1) is 0 Å². The number of non-ortho nitro benzene ring substituents is 1. The molecule has 0 aliphatic rings. The molecular formula is C17H17FN2O3. The molecular weight excluding hydrogens is 299 g/mol. The van der Waals surface area contributed by atoms with Crippen LogP contribution in [0.15, 0.2) is 48.5 Å². The van der Waals surface area contributed by atoms with E-state index in [2.05, 4.69) is 5.32 Å². The van der Waals surface area contributed by atoms with E-state index in [4.69, 9.17) is 0 Å². The number of nitrogens with one attached hydrogen (secondary N) is 1. The molecule has 6 heteroatoms. The van der Waals surface area contributed by atoms with Crippen LogP contribution in [0.25, 0.3) is 0 Å². The third-order valence-electron chi connectivity index (χ3n) is 3.46.